The first-order valence-corrected chi connectivity index (χ1v) is 11.1. The number of nitrogens with one attached hydrogen (secondary N) is 2. The normalized spacial score (nSPS) is 15.6. The molecule has 1 aliphatic rings. The molecule has 0 radical (unpaired) electrons. The maximum atomic E-state index is 12.0. The second kappa shape index (κ2) is 10.4. The first-order valence-electron chi connectivity index (χ1n) is 10.2. The lowest BCUT2D eigenvalue weighted by molar-refractivity contribution is 0.0921. The largest absolute Gasteiger partial charge is 0.449 e. The van der Waals surface area contributed by atoms with E-state index in [2.05, 4.69) is 15.6 Å². The molecule has 3 N–H and O–H groups in total. The highest BCUT2D eigenvalue weighted by atomic mass is 32.1. The monoisotopic (exact) mass is 435 g/mol. The van der Waals surface area contributed by atoms with Crippen LogP contribution in [0.25, 0.3) is 0 Å². The Balaban J connectivity index is 1.42. The summed E-state index contributed by atoms with van der Waals surface area (Å²) in [5.74, 6) is 0.0439. The molecule has 10 heteroatoms. The molecule has 164 valence electrons. The van der Waals surface area contributed by atoms with Gasteiger partial charge in [0.2, 0.25) is 0 Å². The highest BCUT2D eigenvalue weighted by molar-refractivity contribution is 7.13. The Labute approximate surface area is 180 Å². The van der Waals surface area contributed by atoms with Crippen molar-refractivity contribution in [2.75, 3.05) is 31.6 Å². The number of aromatic nitrogens is 2. The molecule has 3 heterocycles. The third-order valence-electron chi connectivity index (χ3n) is 4.96. The molecule has 0 bridgehead atoms. The number of aryl methyl sites for hydroxylation is 1. The maximum Gasteiger partial charge on any atom is 0.409 e. The molecular weight excluding hydrogens is 406 g/mol. The van der Waals surface area contributed by atoms with Crippen molar-refractivity contribution < 1.29 is 19.4 Å². The standard InChI is InChI=1S/C20H29N5O4S/c1-3-10-29-20(28)25-8-5-14(6-9-25)16-13-30-19(22-16)23-17(26)11-21-18(27)15-4-7-24(2)12-15/h4,7,12-14,17,26H,3,5-6,8-11H2,1-2H3,(H,21,27)(H,22,23). The van der Waals surface area contributed by atoms with Crippen molar-refractivity contribution >= 4 is 28.5 Å². The van der Waals surface area contributed by atoms with Gasteiger partial charge in [0, 0.05) is 43.8 Å². The Morgan fingerprint density at radius 2 is 2.17 bits per heavy atom. The number of carbonyl (C=O) groups excluding carboxylic acids is 2. The molecule has 1 aliphatic heterocycles. The van der Waals surface area contributed by atoms with E-state index in [0.717, 1.165) is 25.0 Å². The molecule has 2 aromatic heterocycles. The fourth-order valence-corrected chi connectivity index (χ4v) is 4.14. The predicted molar refractivity (Wildman–Crippen MR) is 115 cm³/mol. The van der Waals surface area contributed by atoms with E-state index in [0.29, 0.717) is 30.4 Å². The first-order chi connectivity index (χ1) is 14.5. The summed E-state index contributed by atoms with van der Waals surface area (Å²) in [5.41, 5.74) is 1.51. The van der Waals surface area contributed by atoms with Gasteiger partial charge >= 0.3 is 6.09 Å². The summed E-state index contributed by atoms with van der Waals surface area (Å²) >= 11 is 1.42. The summed E-state index contributed by atoms with van der Waals surface area (Å²) in [6.45, 7) is 3.81. The molecule has 3 rings (SSSR count). The summed E-state index contributed by atoms with van der Waals surface area (Å²) in [5, 5.41) is 18.4. The highest BCUT2D eigenvalue weighted by Crippen LogP contribution is 2.30. The second-order valence-electron chi connectivity index (χ2n) is 7.39. The molecule has 9 nitrogen and oxygen atoms in total. The smallest absolute Gasteiger partial charge is 0.409 e. The van der Waals surface area contributed by atoms with E-state index in [4.69, 9.17) is 4.74 Å². The first kappa shape index (κ1) is 22.1. The van der Waals surface area contributed by atoms with E-state index in [1.165, 1.54) is 11.3 Å². The van der Waals surface area contributed by atoms with E-state index in [9.17, 15) is 14.7 Å². The fourth-order valence-electron chi connectivity index (χ4n) is 3.30. The van der Waals surface area contributed by atoms with E-state index >= 15 is 0 Å². The van der Waals surface area contributed by atoms with Gasteiger partial charge in [-0.2, -0.15) is 0 Å². The van der Waals surface area contributed by atoms with Crippen LogP contribution in [-0.2, 0) is 11.8 Å². The highest BCUT2D eigenvalue weighted by Gasteiger charge is 2.26. The molecule has 1 unspecified atom stereocenters. The Morgan fingerprint density at radius 1 is 1.40 bits per heavy atom. The lowest BCUT2D eigenvalue weighted by Crippen LogP contribution is -2.38. The zero-order chi connectivity index (χ0) is 21.5. The molecule has 2 aromatic rings. The number of rotatable bonds is 8. The van der Waals surface area contributed by atoms with E-state index in [1.54, 1.807) is 27.9 Å². The minimum Gasteiger partial charge on any atom is -0.449 e. The number of hydrogen-bond acceptors (Lipinski definition) is 7. The van der Waals surface area contributed by atoms with Crippen LogP contribution in [0.15, 0.2) is 23.8 Å². The SMILES string of the molecule is CCCOC(=O)N1CCC(c2csc(NC(O)CNC(=O)c3ccn(C)c3)n2)CC1. The van der Waals surface area contributed by atoms with Crippen molar-refractivity contribution in [3.8, 4) is 0 Å². The van der Waals surface area contributed by atoms with E-state index in [1.807, 2.05) is 19.4 Å². The van der Waals surface area contributed by atoms with Crippen LogP contribution in [0.2, 0.25) is 0 Å². The van der Waals surface area contributed by atoms with Crippen molar-refractivity contribution in [3.63, 3.8) is 0 Å². The topological polar surface area (TPSA) is 109 Å². The van der Waals surface area contributed by atoms with Crippen LogP contribution in [0.1, 0.15) is 48.2 Å². The van der Waals surface area contributed by atoms with Crippen molar-refractivity contribution in [1.29, 1.82) is 0 Å². The van der Waals surface area contributed by atoms with Gasteiger partial charge in [0.1, 0.15) is 6.23 Å². The van der Waals surface area contributed by atoms with Crippen LogP contribution in [-0.4, -0.2) is 64.0 Å². The maximum absolute atomic E-state index is 12.0. The van der Waals surface area contributed by atoms with Gasteiger partial charge in [-0.15, -0.1) is 11.3 Å². The molecular formula is C20H29N5O4S. The third-order valence-corrected chi connectivity index (χ3v) is 5.75. The van der Waals surface area contributed by atoms with Crippen LogP contribution in [0, 0.1) is 0 Å². The van der Waals surface area contributed by atoms with Crippen molar-refractivity contribution in [1.82, 2.24) is 19.8 Å². The number of amides is 2. The number of aliphatic hydroxyl groups is 1. The van der Waals surface area contributed by atoms with Crippen molar-refractivity contribution in [2.45, 2.75) is 38.3 Å². The summed E-state index contributed by atoms with van der Waals surface area (Å²) in [4.78, 5) is 30.3. The Bertz CT molecular complexity index is 844. The van der Waals surface area contributed by atoms with Gasteiger partial charge in [0.15, 0.2) is 5.13 Å². The number of anilines is 1. The van der Waals surface area contributed by atoms with Crippen LogP contribution < -0.4 is 10.6 Å². The summed E-state index contributed by atoms with van der Waals surface area (Å²) in [6, 6.07) is 1.72. The molecule has 0 saturated carbocycles. The average Bonchev–Trinajstić information content (AvgIpc) is 3.39. The average molecular weight is 436 g/mol. The Hall–Kier alpha value is -2.59. The van der Waals surface area contributed by atoms with Crippen LogP contribution in [0.4, 0.5) is 9.93 Å². The van der Waals surface area contributed by atoms with Crippen LogP contribution >= 0.6 is 11.3 Å². The lowest BCUT2D eigenvalue weighted by Gasteiger charge is -2.30. The zero-order valence-electron chi connectivity index (χ0n) is 17.3. The molecule has 0 aromatic carbocycles. The lowest BCUT2D eigenvalue weighted by atomic mass is 9.94. The van der Waals surface area contributed by atoms with E-state index < -0.39 is 6.23 Å². The van der Waals surface area contributed by atoms with Gasteiger partial charge in [-0.1, -0.05) is 6.92 Å². The van der Waals surface area contributed by atoms with Gasteiger partial charge in [0.25, 0.3) is 5.91 Å². The summed E-state index contributed by atoms with van der Waals surface area (Å²) in [7, 11) is 1.84. The Kier molecular flexibility index (Phi) is 7.69. The molecule has 1 saturated heterocycles. The number of ether oxygens (including phenoxy) is 1. The predicted octanol–water partition coefficient (Wildman–Crippen LogP) is 2.37. The number of piperidine rings is 1. The molecule has 0 spiro atoms. The molecule has 0 aliphatic carbocycles. The number of hydrogen-bond donors (Lipinski definition) is 3. The van der Waals surface area contributed by atoms with Gasteiger partial charge in [-0.3, -0.25) is 4.79 Å². The number of likely N-dealkylation sites (tertiary alicyclic amines) is 1. The number of aliphatic hydroxyl groups excluding tert-OH is 1. The van der Waals surface area contributed by atoms with Crippen molar-refractivity contribution in [2.24, 2.45) is 7.05 Å². The van der Waals surface area contributed by atoms with Gasteiger partial charge in [-0.25, -0.2) is 9.78 Å². The molecule has 30 heavy (non-hydrogen) atoms. The van der Waals surface area contributed by atoms with Crippen LogP contribution in [0.5, 0.6) is 0 Å². The summed E-state index contributed by atoms with van der Waals surface area (Å²) < 4.78 is 6.98. The number of thiazole rings is 1. The molecule has 1 atom stereocenters. The second-order valence-corrected chi connectivity index (χ2v) is 8.25. The summed E-state index contributed by atoms with van der Waals surface area (Å²) in [6.07, 6.45) is 4.82. The van der Waals surface area contributed by atoms with Gasteiger partial charge in [0.05, 0.1) is 24.4 Å². The van der Waals surface area contributed by atoms with E-state index in [-0.39, 0.29) is 24.5 Å². The minimum absolute atomic E-state index is 0.0703. The number of nitrogens with zero attached hydrogens (tertiary/aromatic N) is 3. The third kappa shape index (κ3) is 5.96. The quantitative estimate of drug-likeness (QED) is 0.550. The Morgan fingerprint density at radius 3 is 2.83 bits per heavy atom. The minimum atomic E-state index is -0.938. The van der Waals surface area contributed by atoms with Crippen LogP contribution in [0.3, 0.4) is 0 Å². The zero-order valence-corrected chi connectivity index (χ0v) is 18.2. The molecule has 1 fully saturated rings. The fraction of sp³-hybridized carbons (Fsp3) is 0.550. The number of carbonyl (C=O) groups is 2. The molecule has 2 amide bonds. The van der Waals surface area contributed by atoms with Gasteiger partial charge in [-0.05, 0) is 25.3 Å². The van der Waals surface area contributed by atoms with Crippen molar-refractivity contribution in [3.05, 3.63) is 35.1 Å². The van der Waals surface area contributed by atoms with Gasteiger partial charge < -0.3 is 29.9 Å².